The average Bonchev–Trinajstić information content (AvgIpc) is 2.10. The molecule has 88 valence electrons. The normalized spacial score (nSPS) is 47.6. The van der Waals surface area contributed by atoms with E-state index in [0.717, 1.165) is 25.6 Å². The molecule has 1 aliphatic heterocycles. The Morgan fingerprint density at radius 3 is 2.13 bits per heavy atom. The molecule has 2 atom stereocenters. The largest absolute Gasteiger partial charge is 0.373 e. The molecule has 0 aromatic heterocycles. The van der Waals surface area contributed by atoms with Crippen LogP contribution in [-0.4, -0.2) is 42.3 Å². The van der Waals surface area contributed by atoms with E-state index in [2.05, 4.69) is 25.7 Å². The highest BCUT2D eigenvalue weighted by Crippen LogP contribution is 2.42. The number of rotatable bonds is 2. The van der Waals surface area contributed by atoms with E-state index in [1.165, 1.54) is 12.8 Å². The molecule has 0 spiro atoms. The molecule has 15 heavy (non-hydrogen) atoms. The van der Waals surface area contributed by atoms with E-state index in [1.807, 2.05) is 0 Å². The maximum atomic E-state index is 5.97. The van der Waals surface area contributed by atoms with Crippen molar-refractivity contribution in [3.8, 4) is 0 Å². The second-order valence-electron chi connectivity index (χ2n) is 5.60. The smallest absolute Gasteiger partial charge is 0.0678 e. The number of hydrogen-bond donors (Lipinski definition) is 1. The first-order valence-electron chi connectivity index (χ1n) is 6.16. The molecule has 3 nitrogen and oxygen atoms in total. The molecule has 2 fully saturated rings. The Hall–Kier alpha value is -0.120. The lowest BCUT2D eigenvalue weighted by Crippen LogP contribution is -2.65. The van der Waals surface area contributed by atoms with E-state index < -0.39 is 0 Å². The molecule has 0 radical (unpaired) electrons. The highest BCUT2D eigenvalue weighted by Gasteiger charge is 2.47. The first-order valence-corrected chi connectivity index (χ1v) is 6.16. The molecule has 1 aliphatic carbocycles. The third kappa shape index (κ3) is 2.05. The number of nitrogens with zero attached hydrogens (tertiary/aromatic N) is 1. The van der Waals surface area contributed by atoms with Crippen LogP contribution < -0.4 is 5.73 Å². The molecule has 2 rings (SSSR count). The van der Waals surface area contributed by atoms with Gasteiger partial charge in [0.1, 0.15) is 0 Å². The van der Waals surface area contributed by atoms with Crippen molar-refractivity contribution in [2.24, 2.45) is 11.7 Å². The van der Waals surface area contributed by atoms with Gasteiger partial charge in [-0.1, -0.05) is 6.92 Å². The van der Waals surface area contributed by atoms with Gasteiger partial charge in [-0.05, 0) is 32.6 Å². The summed E-state index contributed by atoms with van der Waals surface area (Å²) in [4.78, 5) is 2.58. The molecule has 1 heterocycles. The van der Waals surface area contributed by atoms with Gasteiger partial charge in [-0.15, -0.1) is 0 Å². The number of hydrogen-bond acceptors (Lipinski definition) is 3. The second-order valence-corrected chi connectivity index (χ2v) is 5.60. The molecule has 0 aromatic carbocycles. The molecule has 2 N–H and O–H groups in total. The summed E-state index contributed by atoms with van der Waals surface area (Å²) in [5.74, 6) is 0.849. The Labute approximate surface area is 93.0 Å². The van der Waals surface area contributed by atoms with E-state index in [9.17, 15) is 0 Å². The van der Waals surface area contributed by atoms with Gasteiger partial charge in [0.2, 0.25) is 0 Å². The predicted octanol–water partition coefficient (Wildman–Crippen LogP) is 1.22. The minimum atomic E-state index is 0.297. The van der Waals surface area contributed by atoms with Crippen molar-refractivity contribution in [3.63, 3.8) is 0 Å². The van der Waals surface area contributed by atoms with Gasteiger partial charge in [-0.25, -0.2) is 0 Å². The minimum absolute atomic E-state index is 0.297. The quantitative estimate of drug-likeness (QED) is 0.748. The van der Waals surface area contributed by atoms with E-state index in [0.29, 0.717) is 17.7 Å². The molecule has 0 amide bonds. The zero-order valence-electron chi connectivity index (χ0n) is 10.2. The third-order valence-corrected chi connectivity index (χ3v) is 3.93. The zero-order chi connectivity index (χ0) is 11.1. The van der Waals surface area contributed by atoms with Crippen molar-refractivity contribution in [3.05, 3.63) is 0 Å². The van der Waals surface area contributed by atoms with Crippen LogP contribution in [0.5, 0.6) is 0 Å². The van der Waals surface area contributed by atoms with Crippen LogP contribution >= 0.6 is 0 Å². The van der Waals surface area contributed by atoms with Crippen molar-refractivity contribution in [1.29, 1.82) is 0 Å². The van der Waals surface area contributed by atoms with Crippen LogP contribution in [0.3, 0.4) is 0 Å². The Balaban J connectivity index is 2.02. The van der Waals surface area contributed by atoms with Crippen LogP contribution in [0.2, 0.25) is 0 Å². The highest BCUT2D eigenvalue weighted by atomic mass is 16.5. The summed E-state index contributed by atoms with van der Waals surface area (Å²) < 4.78 is 5.77. The van der Waals surface area contributed by atoms with Crippen LogP contribution in [0.1, 0.15) is 33.6 Å². The van der Waals surface area contributed by atoms with Gasteiger partial charge < -0.3 is 10.5 Å². The van der Waals surface area contributed by atoms with Crippen molar-refractivity contribution in [1.82, 2.24) is 4.90 Å². The van der Waals surface area contributed by atoms with Gasteiger partial charge in [-0.2, -0.15) is 0 Å². The van der Waals surface area contributed by atoms with Gasteiger partial charge in [0.25, 0.3) is 0 Å². The summed E-state index contributed by atoms with van der Waals surface area (Å²) in [7, 11) is 0. The predicted molar refractivity (Wildman–Crippen MR) is 61.8 cm³/mol. The standard InChI is InChI=1S/C12H24N2O/c1-9-4-12(5-9,8-13)14-6-10(2)15-11(3)7-14/h9-11H,4-8,13H2,1-3H3/t9?,10-,11+,12?. The van der Waals surface area contributed by atoms with Crippen molar-refractivity contribution in [2.45, 2.75) is 51.4 Å². The molecule has 3 heteroatoms. The number of morpholine rings is 1. The fraction of sp³-hybridized carbons (Fsp3) is 1.00. The summed E-state index contributed by atoms with van der Waals surface area (Å²) in [6.45, 7) is 9.55. The molecule has 2 aliphatic rings. The minimum Gasteiger partial charge on any atom is -0.373 e. The fourth-order valence-corrected chi connectivity index (χ4v) is 3.36. The molecule has 0 unspecified atom stereocenters. The van der Waals surface area contributed by atoms with E-state index in [-0.39, 0.29) is 0 Å². The van der Waals surface area contributed by atoms with E-state index in [1.54, 1.807) is 0 Å². The molecular weight excluding hydrogens is 188 g/mol. The Kier molecular flexibility index (Phi) is 3.06. The maximum Gasteiger partial charge on any atom is 0.0678 e. The molecule has 0 bridgehead atoms. The van der Waals surface area contributed by atoms with Crippen LogP contribution in [0, 0.1) is 5.92 Å². The number of nitrogens with two attached hydrogens (primary N) is 1. The van der Waals surface area contributed by atoms with Crippen molar-refractivity contribution < 1.29 is 4.74 Å². The maximum absolute atomic E-state index is 5.97. The average molecular weight is 212 g/mol. The van der Waals surface area contributed by atoms with Gasteiger partial charge in [0, 0.05) is 25.2 Å². The zero-order valence-corrected chi connectivity index (χ0v) is 10.2. The summed E-state index contributed by atoms with van der Waals surface area (Å²) >= 11 is 0. The lowest BCUT2D eigenvalue weighted by atomic mass is 9.67. The Morgan fingerprint density at radius 2 is 1.73 bits per heavy atom. The third-order valence-electron chi connectivity index (χ3n) is 3.93. The topological polar surface area (TPSA) is 38.5 Å². The molecular formula is C12H24N2O. The Morgan fingerprint density at radius 1 is 1.20 bits per heavy atom. The SMILES string of the molecule is CC1CC(CN)(N2C[C@@H](C)O[C@@H](C)C2)C1. The van der Waals surface area contributed by atoms with Crippen LogP contribution in [0.25, 0.3) is 0 Å². The summed E-state index contributed by atoms with van der Waals surface area (Å²) in [5.41, 5.74) is 6.27. The van der Waals surface area contributed by atoms with Gasteiger partial charge in [-0.3, -0.25) is 4.90 Å². The van der Waals surface area contributed by atoms with Gasteiger partial charge >= 0.3 is 0 Å². The van der Waals surface area contributed by atoms with Crippen molar-refractivity contribution >= 4 is 0 Å². The lowest BCUT2D eigenvalue weighted by Gasteiger charge is -2.56. The molecule has 0 aromatic rings. The first kappa shape index (κ1) is 11.4. The van der Waals surface area contributed by atoms with Crippen molar-refractivity contribution in [2.75, 3.05) is 19.6 Å². The van der Waals surface area contributed by atoms with E-state index >= 15 is 0 Å². The molecule has 1 saturated heterocycles. The van der Waals surface area contributed by atoms with Crippen LogP contribution in [0.4, 0.5) is 0 Å². The van der Waals surface area contributed by atoms with Gasteiger partial charge in [0.15, 0.2) is 0 Å². The van der Waals surface area contributed by atoms with Crippen LogP contribution in [0.15, 0.2) is 0 Å². The highest BCUT2D eigenvalue weighted by molar-refractivity contribution is 5.03. The number of ether oxygens (including phenoxy) is 1. The Bertz CT molecular complexity index is 216. The van der Waals surface area contributed by atoms with Gasteiger partial charge in [0.05, 0.1) is 12.2 Å². The lowest BCUT2D eigenvalue weighted by molar-refractivity contribution is -0.127. The summed E-state index contributed by atoms with van der Waals surface area (Å²) in [6.07, 6.45) is 3.24. The second kappa shape index (κ2) is 4.04. The molecule has 1 saturated carbocycles. The first-order chi connectivity index (χ1) is 7.05. The monoisotopic (exact) mass is 212 g/mol. The summed E-state index contributed by atoms with van der Waals surface area (Å²) in [6, 6.07) is 0. The summed E-state index contributed by atoms with van der Waals surface area (Å²) in [5, 5.41) is 0. The van der Waals surface area contributed by atoms with Crippen LogP contribution in [-0.2, 0) is 4.74 Å². The fourth-order valence-electron chi connectivity index (χ4n) is 3.36. The van der Waals surface area contributed by atoms with E-state index in [4.69, 9.17) is 10.5 Å².